The van der Waals surface area contributed by atoms with Crippen LogP contribution in [0.15, 0.2) is 389 Å². The second kappa shape index (κ2) is 27.4. The van der Waals surface area contributed by atoms with Gasteiger partial charge in [0, 0.05) is 133 Å². The molecule has 0 aliphatic heterocycles. The van der Waals surface area contributed by atoms with E-state index < -0.39 is 0 Å². The highest BCUT2D eigenvalue weighted by Crippen LogP contribution is 2.48. The summed E-state index contributed by atoms with van der Waals surface area (Å²) in [7, 11) is 0. The zero-order chi connectivity index (χ0) is 79.3. The minimum absolute atomic E-state index is 0.512. The number of furan rings is 3. The fourth-order valence-corrected chi connectivity index (χ4v) is 20.6. The lowest BCUT2D eigenvalue weighted by atomic mass is 10.0. The molecular weight excluding hydrogens is 1520 g/mol. The van der Waals surface area contributed by atoms with Crippen LogP contribution in [-0.2, 0) is 0 Å². The minimum atomic E-state index is 0.512. The molecule has 0 bridgehead atoms. The van der Waals surface area contributed by atoms with Crippen molar-refractivity contribution in [3.63, 3.8) is 0 Å². The number of rotatable bonds is 10. The lowest BCUT2D eigenvalue weighted by molar-refractivity contribution is 0.669. The predicted octanol–water partition coefficient (Wildman–Crippen LogP) is 29.7. The summed E-state index contributed by atoms with van der Waals surface area (Å²) >= 11 is 3.59. The quantitative estimate of drug-likeness (QED) is 0.131. The Bertz CT molecular complexity index is 8760. The van der Waals surface area contributed by atoms with Gasteiger partial charge in [0.25, 0.3) is 0 Å². The number of nitrogens with zero attached hydrogens (tertiary/aromatic N) is 8. The molecule has 9 heterocycles. The second-order valence-electron chi connectivity index (χ2n) is 30.7. The van der Waals surface area contributed by atoms with E-state index in [1.807, 2.05) is 97.1 Å². The smallest absolute Gasteiger partial charge is 0.167 e. The number of para-hydroxylation sites is 7. The molecule has 17 aromatic carbocycles. The molecule has 0 fully saturated rings. The number of fused-ring (bicyclic) bond motifs is 21. The molecule has 0 N–H and O–H groups in total. The van der Waals surface area contributed by atoms with Gasteiger partial charge in [-0.3, -0.25) is 0 Å². The first-order chi connectivity index (χ1) is 60.0. The molecule has 0 aliphatic carbocycles. The zero-order valence-corrected chi connectivity index (χ0v) is 66.0. The molecule has 13 heteroatoms. The van der Waals surface area contributed by atoms with Gasteiger partial charge in [-0.15, -0.1) is 22.7 Å². The van der Waals surface area contributed by atoms with Gasteiger partial charge in [0.2, 0.25) is 0 Å². The molecule has 0 atom stereocenters. The van der Waals surface area contributed by atoms with Gasteiger partial charge in [-0.25, -0.2) is 29.9 Å². The van der Waals surface area contributed by atoms with Crippen molar-refractivity contribution in [2.24, 2.45) is 0 Å². The lowest BCUT2D eigenvalue weighted by Gasteiger charge is -2.10. The molecule has 0 amide bonds. The van der Waals surface area contributed by atoms with E-state index in [-0.39, 0.29) is 0 Å². The summed E-state index contributed by atoms with van der Waals surface area (Å²) in [5.41, 5.74) is 21.7. The highest BCUT2D eigenvalue weighted by molar-refractivity contribution is 7.26. The summed E-state index contributed by atoms with van der Waals surface area (Å²) in [6.45, 7) is 0. The van der Waals surface area contributed by atoms with Gasteiger partial charge in [0.05, 0.1) is 33.2 Å². The van der Waals surface area contributed by atoms with Crippen LogP contribution in [0.5, 0.6) is 0 Å². The first-order valence-corrected chi connectivity index (χ1v) is 42.0. The van der Waals surface area contributed by atoms with Gasteiger partial charge in [-0.1, -0.05) is 261 Å². The average molecular weight is 1580 g/mol. The highest BCUT2D eigenvalue weighted by atomic mass is 32.1. The molecular formula is C108H62N8O3S2. The van der Waals surface area contributed by atoms with Gasteiger partial charge in [-0.2, -0.15) is 0 Å². The Morgan fingerprint density at radius 3 is 1.09 bits per heavy atom. The maximum Gasteiger partial charge on any atom is 0.167 e. The number of hydrogen-bond donors (Lipinski definition) is 0. The average Bonchev–Trinajstić information content (AvgIpc) is 1.59. The first kappa shape index (κ1) is 68.4. The van der Waals surface area contributed by atoms with Crippen LogP contribution in [0.4, 0.5) is 0 Å². The summed E-state index contributed by atoms with van der Waals surface area (Å²) in [5, 5.41) is 16.0. The van der Waals surface area contributed by atoms with E-state index in [4.69, 9.17) is 43.2 Å². The van der Waals surface area contributed by atoms with E-state index in [2.05, 4.69) is 288 Å². The van der Waals surface area contributed by atoms with Crippen LogP contribution in [0.2, 0.25) is 0 Å². The predicted molar refractivity (Wildman–Crippen MR) is 499 cm³/mol. The van der Waals surface area contributed by atoms with E-state index in [0.717, 1.165) is 132 Å². The summed E-state index contributed by atoms with van der Waals surface area (Å²) in [6, 6.07) is 132. The molecule has 11 nitrogen and oxygen atoms in total. The van der Waals surface area contributed by atoms with Crippen LogP contribution >= 0.6 is 22.7 Å². The van der Waals surface area contributed by atoms with Crippen LogP contribution in [0.1, 0.15) is 0 Å². The molecule has 0 saturated heterocycles. The molecule has 26 aromatic rings. The van der Waals surface area contributed by atoms with Crippen molar-refractivity contribution in [1.29, 1.82) is 0 Å². The van der Waals surface area contributed by atoms with Gasteiger partial charge >= 0.3 is 0 Å². The molecule has 26 rings (SSSR count). The van der Waals surface area contributed by atoms with Crippen molar-refractivity contribution in [3.8, 4) is 102 Å². The largest absolute Gasteiger partial charge is 0.455 e. The number of benzene rings is 17. The fourth-order valence-electron chi connectivity index (χ4n) is 18.2. The number of hydrogen-bond acceptors (Lipinski definition) is 11. The van der Waals surface area contributed by atoms with Crippen molar-refractivity contribution < 1.29 is 13.3 Å². The van der Waals surface area contributed by atoms with E-state index in [9.17, 15) is 0 Å². The van der Waals surface area contributed by atoms with Gasteiger partial charge in [0.15, 0.2) is 34.9 Å². The Kier molecular flexibility index (Phi) is 15.5. The van der Waals surface area contributed by atoms with E-state index in [1.165, 1.54) is 79.3 Å². The third kappa shape index (κ3) is 11.1. The maximum atomic E-state index is 6.77. The Hall–Kier alpha value is -15.8. The van der Waals surface area contributed by atoms with Gasteiger partial charge in [-0.05, 0) is 132 Å². The minimum Gasteiger partial charge on any atom is -0.455 e. The Balaban J connectivity index is 0.000000135. The molecule has 0 radical (unpaired) electrons. The van der Waals surface area contributed by atoms with Crippen molar-refractivity contribution >= 4 is 172 Å². The topological polar surface area (TPSA) is 127 Å². The number of aromatic nitrogens is 8. The van der Waals surface area contributed by atoms with E-state index in [1.54, 1.807) is 22.7 Å². The molecule has 0 spiro atoms. The van der Waals surface area contributed by atoms with Crippen LogP contribution in [-0.4, -0.2) is 39.0 Å². The van der Waals surface area contributed by atoms with Crippen LogP contribution < -0.4 is 0 Å². The fraction of sp³-hybridized carbons (Fsp3) is 0. The standard InChI is InChI=1S/C57H32N4O3.C51H30N4S2/c1-2-13-33(14-3-1)55-58-56(43-22-11-20-41-39-17-6-9-26-50(39)63-53(41)43)60-57(59-55)44-23-12-21-42-46-32-35(28-30-51(46)64-54(42)44)61-47-24-7-4-15-37(47)45-31-34(27-29-48(45)61)36-18-10-19-40-38-16-5-8-25-49(38)62-52(36)40;1-3-13-31(14-4-1)33-25-27-44-41(29-33)35-17-7-9-23-43(35)55(44)34-26-28-46-42(30-34)38-20-12-22-40(48(38)57-46)51-53-49(32-15-5-2-6-16-32)52-50(54-51)39-21-11-19-37-36-18-8-10-24-45(36)56-47(37)39/h1-32H;1-30H. The van der Waals surface area contributed by atoms with Crippen LogP contribution in [0, 0.1) is 0 Å². The lowest BCUT2D eigenvalue weighted by Crippen LogP contribution is -2.00. The Labute approximate surface area is 697 Å². The monoisotopic (exact) mass is 1580 g/mol. The zero-order valence-electron chi connectivity index (χ0n) is 64.4. The normalized spacial score (nSPS) is 12.0. The third-order valence-electron chi connectivity index (χ3n) is 23.8. The molecule has 564 valence electrons. The molecule has 0 unspecified atom stereocenters. The molecule has 121 heavy (non-hydrogen) atoms. The SMILES string of the molecule is c1ccc(-c2ccc3c(c2)c2ccccc2n3-c2ccc3sc4c(-c5nc(-c6ccccc6)nc(-c6cccc7c6sc6ccccc67)n5)cccc4c3c2)cc1.c1ccc(-c2nc(-c3cccc4c3oc3ccccc34)nc(-c3cccc4c3oc3ccc(-n5c6ccccc6c6cc(-c7cccc8c7oc7ccccc78)ccc65)cc34)n2)cc1. The molecule has 0 saturated carbocycles. The van der Waals surface area contributed by atoms with E-state index in [0.29, 0.717) is 40.5 Å². The van der Waals surface area contributed by atoms with Crippen LogP contribution in [0.3, 0.4) is 0 Å². The third-order valence-corrected chi connectivity index (χ3v) is 26.2. The second-order valence-corrected chi connectivity index (χ2v) is 32.8. The summed E-state index contributed by atoms with van der Waals surface area (Å²) < 4.78 is 29.3. The molecule has 9 aromatic heterocycles. The summed E-state index contributed by atoms with van der Waals surface area (Å²) in [6.07, 6.45) is 0. The van der Waals surface area contributed by atoms with Crippen molar-refractivity contribution in [2.45, 2.75) is 0 Å². The molecule has 0 aliphatic rings. The van der Waals surface area contributed by atoms with Gasteiger partial charge in [0.1, 0.15) is 33.5 Å². The van der Waals surface area contributed by atoms with Crippen molar-refractivity contribution in [3.05, 3.63) is 376 Å². The van der Waals surface area contributed by atoms with Crippen molar-refractivity contribution in [2.75, 3.05) is 0 Å². The highest BCUT2D eigenvalue weighted by Gasteiger charge is 2.26. The van der Waals surface area contributed by atoms with Gasteiger partial charge < -0.3 is 22.4 Å². The Morgan fingerprint density at radius 1 is 0.190 bits per heavy atom. The van der Waals surface area contributed by atoms with E-state index >= 15 is 0 Å². The van der Waals surface area contributed by atoms with Crippen molar-refractivity contribution in [1.82, 2.24) is 39.0 Å². The Morgan fingerprint density at radius 2 is 0.545 bits per heavy atom. The first-order valence-electron chi connectivity index (χ1n) is 40.4. The summed E-state index contributed by atoms with van der Waals surface area (Å²) in [4.78, 5) is 30.9. The van der Waals surface area contributed by atoms with Crippen LogP contribution in [0.25, 0.3) is 252 Å². The number of thiophene rings is 2. The summed E-state index contributed by atoms with van der Waals surface area (Å²) in [5.74, 6) is 3.61. The maximum absolute atomic E-state index is 6.77.